The Balaban J connectivity index is 1.25. The van der Waals surface area contributed by atoms with Crippen LogP contribution in [0.4, 0.5) is 39.5 Å². The molecule has 4 rings (SSSR count). The van der Waals surface area contributed by atoms with Gasteiger partial charge in [0.1, 0.15) is 5.75 Å². The highest BCUT2D eigenvalue weighted by molar-refractivity contribution is 7.98. The van der Waals surface area contributed by atoms with Crippen molar-refractivity contribution in [1.29, 1.82) is 0 Å². The van der Waals surface area contributed by atoms with Crippen LogP contribution in [0.1, 0.15) is 62.5 Å². The number of thioether (sulfide) groups is 1. The van der Waals surface area contributed by atoms with E-state index in [9.17, 15) is 39.5 Å². The molecule has 0 heterocycles. The molecule has 2 fully saturated rings. The van der Waals surface area contributed by atoms with E-state index in [2.05, 4.69) is 41.4 Å². The molecule has 1 aromatic carbocycles. The van der Waals surface area contributed by atoms with Crippen molar-refractivity contribution in [3.63, 3.8) is 0 Å². The highest BCUT2D eigenvalue weighted by atomic mass is 32.2. The zero-order chi connectivity index (χ0) is 32.4. The Morgan fingerprint density at radius 1 is 0.886 bits per heavy atom. The maximum Gasteiger partial charge on any atom is 0.435 e. The van der Waals surface area contributed by atoms with Crippen LogP contribution in [0.5, 0.6) is 5.75 Å². The molecular formula is C30H40F9NO3S. The predicted molar refractivity (Wildman–Crippen MR) is 149 cm³/mol. The van der Waals surface area contributed by atoms with Gasteiger partial charge in [-0.25, -0.2) is 0 Å². The lowest BCUT2D eigenvalue weighted by Gasteiger charge is -2.50. The molecule has 0 aromatic heterocycles. The second-order valence-corrected chi connectivity index (χ2v) is 13.2. The molecule has 1 aromatic rings. The first-order valence-corrected chi connectivity index (χ1v) is 16.4. The van der Waals surface area contributed by atoms with Gasteiger partial charge in [-0.15, -0.1) is 0 Å². The summed E-state index contributed by atoms with van der Waals surface area (Å²) in [5.41, 5.74) is -3.55. The molecule has 0 aliphatic heterocycles. The molecule has 2 saturated carbocycles. The van der Waals surface area contributed by atoms with Gasteiger partial charge in [0, 0.05) is 13.1 Å². The minimum Gasteiger partial charge on any atom is -0.494 e. The summed E-state index contributed by atoms with van der Waals surface area (Å²) >= 11 is 1.80. The van der Waals surface area contributed by atoms with Gasteiger partial charge in [0.25, 0.3) is 0 Å². The fourth-order valence-corrected chi connectivity index (χ4v) is 8.08. The summed E-state index contributed by atoms with van der Waals surface area (Å²) < 4.78 is 132. The van der Waals surface area contributed by atoms with E-state index < -0.39 is 37.3 Å². The number of hydrogen-bond acceptors (Lipinski definition) is 5. The number of halogens is 9. The first kappa shape index (κ1) is 35.5. The molecule has 252 valence electrons. The van der Waals surface area contributed by atoms with E-state index in [0.717, 1.165) is 56.4 Å². The lowest BCUT2D eigenvalue weighted by atomic mass is 9.55. The maximum absolute atomic E-state index is 13.0. The summed E-state index contributed by atoms with van der Waals surface area (Å²) in [6.07, 6.45) is -11.3. The van der Waals surface area contributed by atoms with Crippen LogP contribution in [0.25, 0.3) is 0 Å². The van der Waals surface area contributed by atoms with Gasteiger partial charge in [0.15, 0.2) is 0 Å². The zero-order valence-electron chi connectivity index (χ0n) is 24.8. The van der Waals surface area contributed by atoms with Gasteiger partial charge in [-0.2, -0.15) is 51.3 Å². The molecule has 14 heteroatoms. The van der Waals surface area contributed by atoms with E-state index in [1.165, 1.54) is 11.1 Å². The fraction of sp³-hybridized carbons (Fsp3) is 0.800. The van der Waals surface area contributed by atoms with E-state index in [1.54, 1.807) is 11.8 Å². The second-order valence-electron chi connectivity index (χ2n) is 12.2. The average molecular weight is 666 g/mol. The van der Waals surface area contributed by atoms with Gasteiger partial charge < -0.3 is 19.5 Å². The van der Waals surface area contributed by atoms with Crippen LogP contribution >= 0.6 is 11.8 Å². The zero-order valence-corrected chi connectivity index (χ0v) is 25.6. The van der Waals surface area contributed by atoms with Gasteiger partial charge in [0.2, 0.25) is 0 Å². The van der Waals surface area contributed by atoms with Crippen LogP contribution < -0.4 is 10.1 Å². The number of nitrogens with one attached hydrogen (secondary N) is 1. The Kier molecular flexibility index (Phi) is 11.1. The third kappa shape index (κ3) is 6.97. The summed E-state index contributed by atoms with van der Waals surface area (Å²) in [5.74, 6) is 3.44. The standard InChI is InChI=1S/C30H40F9NO3S/c1-26-11-10-22-21-7-5-20(41-14-3-17-44-2)18-19(21)4-6-23(22)24(26)8-9-25(26)42-15-12-40-13-16-43-27(28(31,32)33,29(34,35)36)30(37,38)39/h5,7,18,22-25,40H,3-4,6,8-17H2,1-2H3. The topological polar surface area (TPSA) is 39.7 Å². The number of ether oxygens (including phenoxy) is 3. The Hall–Kier alpha value is -1.38. The molecule has 5 atom stereocenters. The molecule has 5 unspecified atom stereocenters. The summed E-state index contributed by atoms with van der Waals surface area (Å²) in [6, 6.07) is 6.48. The second kappa shape index (κ2) is 13.8. The van der Waals surface area contributed by atoms with Gasteiger partial charge in [-0.1, -0.05) is 13.0 Å². The molecule has 0 saturated heterocycles. The van der Waals surface area contributed by atoms with E-state index >= 15 is 0 Å². The first-order chi connectivity index (χ1) is 20.6. The van der Waals surface area contributed by atoms with Crippen LogP contribution in [0.3, 0.4) is 0 Å². The lowest BCUT2D eigenvalue weighted by molar-refractivity contribution is -0.457. The summed E-state index contributed by atoms with van der Waals surface area (Å²) in [6.45, 7) is 0.999. The number of hydrogen-bond donors (Lipinski definition) is 1. The van der Waals surface area contributed by atoms with Crippen molar-refractivity contribution in [2.45, 2.75) is 88.0 Å². The number of fused-ring (bicyclic) bond motifs is 5. The summed E-state index contributed by atoms with van der Waals surface area (Å²) in [4.78, 5) is 0. The monoisotopic (exact) mass is 665 g/mol. The molecule has 3 aliphatic carbocycles. The van der Waals surface area contributed by atoms with Crippen molar-refractivity contribution in [1.82, 2.24) is 5.32 Å². The molecule has 4 nitrogen and oxygen atoms in total. The minimum absolute atomic E-state index is 0.0405. The maximum atomic E-state index is 13.0. The number of alkyl halides is 9. The molecule has 0 spiro atoms. The van der Waals surface area contributed by atoms with Gasteiger partial charge in [-0.3, -0.25) is 0 Å². The smallest absolute Gasteiger partial charge is 0.435 e. The van der Waals surface area contributed by atoms with Gasteiger partial charge in [0.05, 0.1) is 25.9 Å². The van der Waals surface area contributed by atoms with Crippen molar-refractivity contribution >= 4 is 11.8 Å². The third-order valence-corrected chi connectivity index (χ3v) is 10.5. The van der Waals surface area contributed by atoms with Crippen molar-refractivity contribution in [3.8, 4) is 5.75 Å². The third-order valence-electron chi connectivity index (χ3n) is 9.77. The highest BCUT2D eigenvalue weighted by Crippen LogP contribution is 2.61. The van der Waals surface area contributed by atoms with E-state index in [1.807, 2.05) is 0 Å². The predicted octanol–water partition coefficient (Wildman–Crippen LogP) is 8.09. The number of aryl methyl sites for hydroxylation is 1. The summed E-state index contributed by atoms with van der Waals surface area (Å²) in [7, 11) is 0. The van der Waals surface area contributed by atoms with Crippen molar-refractivity contribution in [2.75, 3.05) is 44.9 Å². The van der Waals surface area contributed by atoms with Crippen molar-refractivity contribution < 1.29 is 53.7 Å². The first-order valence-electron chi connectivity index (χ1n) is 15.0. The van der Waals surface area contributed by atoms with Crippen LogP contribution in [-0.2, 0) is 15.9 Å². The Labute approximate surface area is 256 Å². The molecular weight excluding hydrogens is 625 g/mol. The van der Waals surface area contributed by atoms with E-state index in [0.29, 0.717) is 24.4 Å². The number of rotatable bonds is 13. The Morgan fingerprint density at radius 2 is 1.57 bits per heavy atom. The quantitative estimate of drug-likeness (QED) is 0.170. The largest absolute Gasteiger partial charge is 0.494 e. The van der Waals surface area contributed by atoms with Crippen LogP contribution in [0, 0.1) is 17.3 Å². The van der Waals surface area contributed by atoms with Crippen molar-refractivity contribution in [2.24, 2.45) is 17.3 Å². The van der Waals surface area contributed by atoms with E-state index in [4.69, 9.17) is 9.47 Å². The molecule has 0 bridgehead atoms. The fourth-order valence-electron chi connectivity index (χ4n) is 7.67. The highest BCUT2D eigenvalue weighted by Gasteiger charge is 2.85. The van der Waals surface area contributed by atoms with Crippen molar-refractivity contribution in [3.05, 3.63) is 29.3 Å². The summed E-state index contributed by atoms with van der Waals surface area (Å²) in [5, 5.41) is 2.54. The number of benzene rings is 1. The lowest BCUT2D eigenvalue weighted by Crippen LogP contribution is -2.68. The molecule has 0 radical (unpaired) electrons. The average Bonchev–Trinajstić information content (AvgIpc) is 3.26. The molecule has 44 heavy (non-hydrogen) atoms. The van der Waals surface area contributed by atoms with Gasteiger partial charge in [-0.05, 0) is 103 Å². The molecule has 1 N–H and O–H groups in total. The van der Waals surface area contributed by atoms with Crippen LogP contribution in [0.2, 0.25) is 0 Å². The Morgan fingerprint density at radius 3 is 2.23 bits per heavy atom. The molecule has 0 amide bonds. The SMILES string of the molecule is CSCCCOc1ccc2c(c1)CCC1C2CCC2(C)C(OCCNCCOC(C(F)(F)F)(C(F)(F)F)C(F)(F)F)CCC12. The van der Waals surface area contributed by atoms with Crippen LogP contribution in [-0.4, -0.2) is 75.2 Å². The Bertz CT molecular complexity index is 1060. The van der Waals surface area contributed by atoms with Crippen LogP contribution in [0.15, 0.2) is 18.2 Å². The molecule has 3 aliphatic rings. The van der Waals surface area contributed by atoms with Gasteiger partial charge >= 0.3 is 24.1 Å². The van der Waals surface area contributed by atoms with E-state index in [-0.39, 0.29) is 24.7 Å². The minimum atomic E-state index is -6.73. The normalized spacial score (nSPS) is 27.5.